The molecule has 1 nitrogen and oxygen atoms in total. The lowest BCUT2D eigenvalue weighted by molar-refractivity contribution is -0.137. The van der Waals surface area contributed by atoms with Crippen molar-refractivity contribution in [2.75, 3.05) is 11.4 Å². The molecule has 0 amide bonds. The first-order valence-electron chi connectivity index (χ1n) is 6.00. The Labute approximate surface area is 110 Å². The fourth-order valence-electron chi connectivity index (χ4n) is 2.16. The van der Waals surface area contributed by atoms with Crippen molar-refractivity contribution in [1.29, 1.82) is 0 Å². The molecule has 0 unspecified atom stereocenters. The summed E-state index contributed by atoms with van der Waals surface area (Å²) in [5.74, 6) is 0.0961. The Hall–Kier alpha value is -0.900. The highest BCUT2D eigenvalue weighted by Crippen LogP contribution is 2.41. The number of benzene rings is 1. The van der Waals surface area contributed by atoms with Crippen LogP contribution in [-0.2, 0) is 12.1 Å². The van der Waals surface area contributed by atoms with E-state index in [9.17, 15) is 13.2 Å². The quantitative estimate of drug-likeness (QED) is 0.736. The average molecular weight is 278 g/mol. The minimum absolute atomic E-state index is 0.0961. The van der Waals surface area contributed by atoms with Gasteiger partial charge in [0.1, 0.15) is 0 Å². The van der Waals surface area contributed by atoms with E-state index in [4.69, 9.17) is 11.6 Å². The fourth-order valence-corrected chi connectivity index (χ4v) is 2.32. The molecule has 100 valence electrons. The molecule has 0 aromatic heterocycles. The van der Waals surface area contributed by atoms with Crippen molar-refractivity contribution in [3.8, 4) is 0 Å². The Kier molecular flexibility index (Phi) is 3.76. The van der Waals surface area contributed by atoms with Gasteiger partial charge in [0, 0.05) is 24.2 Å². The van der Waals surface area contributed by atoms with Gasteiger partial charge in [0.25, 0.3) is 0 Å². The van der Waals surface area contributed by atoms with Crippen LogP contribution < -0.4 is 4.90 Å². The maximum absolute atomic E-state index is 13.1. The van der Waals surface area contributed by atoms with E-state index in [2.05, 4.69) is 0 Å². The van der Waals surface area contributed by atoms with E-state index in [1.165, 1.54) is 0 Å². The smallest absolute Gasteiger partial charge is 0.368 e. The molecular weight excluding hydrogens is 263 g/mol. The van der Waals surface area contributed by atoms with E-state index >= 15 is 0 Å². The van der Waals surface area contributed by atoms with Gasteiger partial charge in [-0.1, -0.05) is 6.07 Å². The fraction of sp³-hybridized carbons (Fsp3) is 0.538. The summed E-state index contributed by atoms with van der Waals surface area (Å²) >= 11 is 5.61. The summed E-state index contributed by atoms with van der Waals surface area (Å²) in [6, 6.07) is 4.64. The van der Waals surface area contributed by atoms with Crippen LogP contribution in [0.5, 0.6) is 0 Å². The van der Waals surface area contributed by atoms with E-state index in [-0.39, 0.29) is 17.6 Å². The summed E-state index contributed by atoms with van der Waals surface area (Å²) in [4.78, 5) is 1.83. The van der Waals surface area contributed by atoms with Gasteiger partial charge in [0.2, 0.25) is 0 Å². The van der Waals surface area contributed by atoms with E-state index < -0.39 is 11.7 Å². The first-order valence-corrected chi connectivity index (χ1v) is 6.53. The number of rotatable bonds is 4. The Morgan fingerprint density at radius 3 is 2.44 bits per heavy atom. The first-order chi connectivity index (χ1) is 8.47. The molecule has 1 aromatic carbocycles. The van der Waals surface area contributed by atoms with Gasteiger partial charge in [-0.2, -0.15) is 13.2 Å². The Bertz CT molecular complexity index is 427. The van der Waals surface area contributed by atoms with Crippen molar-refractivity contribution < 1.29 is 13.2 Å². The summed E-state index contributed by atoms with van der Waals surface area (Å²) in [6.07, 6.45) is -2.38. The molecule has 1 aromatic rings. The molecule has 1 saturated carbocycles. The van der Waals surface area contributed by atoms with Crippen LogP contribution in [0.1, 0.15) is 30.9 Å². The van der Waals surface area contributed by atoms with Crippen LogP contribution in [0.4, 0.5) is 18.9 Å². The van der Waals surface area contributed by atoms with Crippen molar-refractivity contribution in [1.82, 2.24) is 0 Å². The first kappa shape index (κ1) is 13.5. The SMILES string of the molecule is CCN(c1ccc(CCl)cc1C(F)(F)F)C1CC1. The van der Waals surface area contributed by atoms with Crippen LogP contribution in [-0.4, -0.2) is 12.6 Å². The second-order valence-electron chi connectivity index (χ2n) is 4.50. The van der Waals surface area contributed by atoms with Gasteiger partial charge in [-0.3, -0.25) is 0 Å². The molecular formula is C13H15ClF3N. The van der Waals surface area contributed by atoms with E-state index in [0.717, 1.165) is 18.9 Å². The zero-order valence-electron chi connectivity index (χ0n) is 10.1. The molecule has 1 aliphatic rings. The number of hydrogen-bond acceptors (Lipinski definition) is 1. The zero-order chi connectivity index (χ0) is 13.3. The molecule has 5 heteroatoms. The molecule has 1 aliphatic carbocycles. The maximum atomic E-state index is 13.1. The standard InChI is InChI=1S/C13H15ClF3N/c1-2-18(10-4-5-10)12-6-3-9(8-14)7-11(12)13(15,16)17/h3,6-7,10H,2,4-5,8H2,1H3. The van der Waals surface area contributed by atoms with Crippen LogP contribution in [0.25, 0.3) is 0 Å². The highest BCUT2D eigenvalue weighted by molar-refractivity contribution is 6.17. The zero-order valence-corrected chi connectivity index (χ0v) is 10.9. The summed E-state index contributed by atoms with van der Waals surface area (Å²) in [6.45, 7) is 2.47. The molecule has 0 heterocycles. The van der Waals surface area contributed by atoms with Gasteiger partial charge < -0.3 is 4.90 Å². The summed E-state index contributed by atoms with van der Waals surface area (Å²) in [7, 11) is 0. The predicted octanol–water partition coefficient (Wildman–Crippen LogP) is 4.43. The van der Waals surface area contributed by atoms with Crippen LogP contribution in [0.15, 0.2) is 18.2 Å². The number of nitrogens with zero attached hydrogens (tertiary/aromatic N) is 1. The second kappa shape index (κ2) is 5.00. The van der Waals surface area contributed by atoms with Crippen molar-refractivity contribution in [2.24, 2.45) is 0 Å². The van der Waals surface area contributed by atoms with Crippen LogP contribution in [0.3, 0.4) is 0 Å². The molecule has 0 atom stereocenters. The van der Waals surface area contributed by atoms with E-state index in [0.29, 0.717) is 12.1 Å². The van der Waals surface area contributed by atoms with Crippen LogP contribution >= 0.6 is 11.6 Å². The minimum atomic E-state index is -4.33. The highest BCUT2D eigenvalue weighted by Gasteiger charge is 2.38. The van der Waals surface area contributed by atoms with Crippen LogP contribution in [0.2, 0.25) is 0 Å². The van der Waals surface area contributed by atoms with Crippen molar-refractivity contribution in [2.45, 2.75) is 37.9 Å². The summed E-state index contributed by atoms with van der Waals surface area (Å²) in [5, 5.41) is 0. The van der Waals surface area contributed by atoms with Crippen molar-refractivity contribution in [3.05, 3.63) is 29.3 Å². The number of anilines is 1. The second-order valence-corrected chi connectivity index (χ2v) is 4.77. The third-order valence-electron chi connectivity index (χ3n) is 3.16. The number of alkyl halides is 4. The van der Waals surface area contributed by atoms with Gasteiger partial charge in [-0.25, -0.2) is 0 Å². The summed E-state index contributed by atoms with van der Waals surface area (Å²) in [5.41, 5.74) is 0.204. The van der Waals surface area contributed by atoms with Crippen LogP contribution in [0, 0.1) is 0 Å². The largest absolute Gasteiger partial charge is 0.418 e. The van der Waals surface area contributed by atoms with Gasteiger partial charge in [0.15, 0.2) is 0 Å². The average Bonchev–Trinajstić information content (AvgIpc) is 3.13. The molecule has 1 fully saturated rings. The Morgan fingerprint density at radius 2 is 2.00 bits per heavy atom. The highest BCUT2D eigenvalue weighted by atomic mass is 35.5. The van der Waals surface area contributed by atoms with Gasteiger partial charge in [-0.15, -0.1) is 11.6 Å². The van der Waals surface area contributed by atoms with E-state index in [1.54, 1.807) is 12.1 Å². The summed E-state index contributed by atoms with van der Waals surface area (Å²) < 4.78 is 39.2. The lowest BCUT2D eigenvalue weighted by Crippen LogP contribution is -2.27. The lowest BCUT2D eigenvalue weighted by atomic mass is 10.1. The van der Waals surface area contributed by atoms with Gasteiger partial charge >= 0.3 is 6.18 Å². The topological polar surface area (TPSA) is 3.24 Å². The number of hydrogen-bond donors (Lipinski definition) is 0. The lowest BCUT2D eigenvalue weighted by Gasteiger charge is -2.26. The monoisotopic (exact) mass is 277 g/mol. The third kappa shape index (κ3) is 2.74. The predicted molar refractivity (Wildman–Crippen MR) is 67.0 cm³/mol. The maximum Gasteiger partial charge on any atom is 0.418 e. The van der Waals surface area contributed by atoms with Crippen molar-refractivity contribution in [3.63, 3.8) is 0 Å². The molecule has 0 aliphatic heterocycles. The minimum Gasteiger partial charge on any atom is -0.368 e. The third-order valence-corrected chi connectivity index (χ3v) is 3.47. The molecule has 0 radical (unpaired) electrons. The number of halogens is 4. The molecule has 0 spiro atoms. The normalized spacial score (nSPS) is 15.8. The van der Waals surface area contributed by atoms with Gasteiger partial charge in [0.05, 0.1) is 5.56 Å². The molecule has 0 N–H and O–H groups in total. The molecule has 0 bridgehead atoms. The van der Waals surface area contributed by atoms with Crippen molar-refractivity contribution >= 4 is 17.3 Å². The van der Waals surface area contributed by atoms with E-state index in [1.807, 2.05) is 11.8 Å². The molecule has 2 rings (SSSR count). The molecule has 0 saturated heterocycles. The Morgan fingerprint density at radius 1 is 1.33 bits per heavy atom. The van der Waals surface area contributed by atoms with Gasteiger partial charge in [-0.05, 0) is 37.5 Å². The Balaban J connectivity index is 2.44. The molecule has 18 heavy (non-hydrogen) atoms.